The fourth-order valence-electron chi connectivity index (χ4n) is 3.23. The molecule has 0 aliphatic rings. The molecule has 0 bridgehead atoms. The van der Waals surface area contributed by atoms with Gasteiger partial charge in [0.15, 0.2) is 0 Å². The number of hydrogen-bond donors (Lipinski definition) is 1. The average molecular weight is 383 g/mol. The molecule has 4 aromatic rings. The van der Waals surface area contributed by atoms with Gasteiger partial charge in [0.25, 0.3) is 5.91 Å². The lowest BCUT2D eigenvalue weighted by atomic mass is 10.2. The van der Waals surface area contributed by atoms with E-state index in [1.165, 1.54) is 0 Å². The normalized spacial score (nSPS) is 10.7. The summed E-state index contributed by atoms with van der Waals surface area (Å²) < 4.78 is 0. The largest absolute Gasteiger partial charge is 0.319 e. The van der Waals surface area contributed by atoms with Gasteiger partial charge in [0.2, 0.25) is 5.95 Å². The van der Waals surface area contributed by atoms with Crippen LogP contribution in [0.3, 0.4) is 0 Å². The Morgan fingerprint density at radius 2 is 1.79 bits per heavy atom. The molecule has 0 fully saturated rings. The number of aryl methyl sites for hydroxylation is 1. The summed E-state index contributed by atoms with van der Waals surface area (Å²) in [5.41, 5.74) is 3.42. The van der Waals surface area contributed by atoms with E-state index in [0.29, 0.717) is 23.9 Å². The minimum absolute atomic E-state index is 0.293. The van der Waals surface area contributed by atoms with E-state index in [9.17, 15) is 4.79 Å². The fourth-order valence-corrected chi connectivity index (χ4v) is 3.23. The molecule has 0 radical (unpaired) electrons. The highest BCUT2D eigenvalue weighted by Crippen LogP contribution is 2.24. The van der Waals surface area contributed by atoms with Crippen molar-refractivity contribution >= 4 is 34.1 Å². The molecule has 0 unspecified atom stereocenters. The van der Waals surface area contributed by atoms with E-state index in [4.69, 9.17) is 0 Å². The zero-order valence-electron chi connectivity index (χ0n) is 16.3. The Labute approximate surface area is 169 Å². The fraction of sp³-hybridized carbons (Fsp3) is 0.130. The van der Waals surface area contributed by atoms with Gasteiger partial charge >= 0.3 is 0 Å². The molecular formula is C23H21N5O. The maximum atomic E-state index is 13.0. The zero-order chi connectivity index (χ0) is 20.2. The molecular weight excluding hydrogens is 362 g/mol. The predicted octanol–water partition coefficient (Wildman–Crippen LogP) is 4.74. The highest BCUT2D eigenvalue weighted by molar-refractivity contribution is 6.07. The van der Waals surface area contributed by atoms with Gasteiger partial charge in [-0.3, -0.25) is 9.78 Å². The third-order valence-corrected chi connectivity index (χ3v) is 4.58. The van der Waals surface area contributed by atoms with Crippen LogP contribution in [-0.4, -0.2) is 27.4 Å². The quantitative estimate of drug-likeness (QED) is 0.539. The maximum Gasteiger partial charge on any atom is 0.274 e. The third-order valence-electron chi connectivity index (χ3n) is 4.58. The first-order valence-electron chi connectivity index (χ1n) is 9.49. The lowest BCUT2D eigenvalue weighted by Gasteiger charge is -2.21. The van der Waals surface area contributed by atoms with E-state index in [1.807, 2.05) is 79.4 Å². The number of benzene rings is 2. The number of carbonyl (C=O) groups excluding carboxylic acids is 1. The van der Waals surface area contributed by atoms with Crippen LogP contribution in [0.5, 0.6) is 0 Å². The van der Waals surface area contributed by atoms with Gasteiger partial charge in [-0.25, -0.2) is 9.97 Å². The van der Waals surface area contributed by atoms with Crippen molar-refractivity contribution in [2.75, 3.05) is 16.8 Å². The number of rotatable bonds is 5. The zero-order valence-corrected chi connectivity index (χ0v) is 16.3. The monoisotopic (exact) mass is 383 g/mol. The Kier molecular flexibility index (Phi) is 5.16. The number of hydrogen-bond acceptors (Lipinski definition) is 5. The topological polar surface area (TPSA) is 71.0 Å². The number of nitrogens with zero attached hydrogens (tertiary/aromatic N) is 4. The third kappa shape index (κ3) is 3.91. The van der Waals surface area contributed by atoms with Crippen LogP contribution in [0.1, 0.15) is 23.1 Å². The highest BCUT2D eigenvalue weighted by atomic mass is 16.1. The first kappa shape index (κ1) is 18.6. The van der Waals surface area contributed by atoms with Gasteiger partial charge in [0, 0.05) is 29.5 Å². The van der Waals surface area contributed by atoms with E-state index in [0.717, 1.165) is 22.3 Å². The molecule has 0 atom stereocenters. The van der Waals surface area contributed by atoms with Crippen molar-refractivity contribution < 1.29 is 4.79 Å². The summed E-state index contributed by atoms with van der Waals surface area (Å²) >= 11 is 0. The summed E-state index contributed by atoms with van der Waals surface area (Å²) in [7, 11) is 0. The van der Waals surface area contributed by atoms with Crippen molar-refractivity contribution in [3.63, 3.8) is 0 Å². The van der Waals surface area contributed by atoms with Crippen LogP contribution in [0.25, 0.3) is 10.9 Å². The van der Waals surface area contributed by atoms with Crippen LogP contribution in [0.15, 0.2) is 72.9 Å². The average Bonchev–Trinajstić information content (AvgIpc) is 2.75. The molecule has 4 rings (SSSR count). The van der Waals surface area contributed by atoms with Gasteiger partial charge in [-0.15, -0.1) is 0 Å². The van der Waals surface area contributed by atoms with E-state index in [-0.39, 0.29) is 5.91 Å². The van der Waals surface area contributed by atoms with E-state index in [2.05, 4.69) is 20.3 Å². The van der Waals surface area contributed by atoms with Gasteiger partial charge < -0.3 is 10.2 Å². The summed E-state index contributed by atoms with van der Waals surface area (Å²) in [6.45, 7) is 4.57. The summed E-state index contributed by atoms with van der Waals surface area (Å²) in [5, 5.41) is 3.91. The smallest absolute Gasteiger partial charge is 0.274 e. The standard InChI is InChI=1S/C23H21N5O/c1-3-28(18-11-5-4-6-12-18)23-25-16(2)15-20(27-23)22(29)26-19-13-7-9-17-10-8-14-24-21(17)19/h4-15H,3H2,1-2H3,(H,26,29). The summed E-state index contributed by atoms with van der Waals surface area (Å²) in [5.74, 6) is 0.207. The second-order valence-corrected chi connectivity index (χ2v) is 6.61. The second kappa shape index (κ2) is 8.06. The molecule has 0 aliphatic carbocycles. The van der Waals surface area contributed by atoms with Gasteiger partial charge in [0.1, 0.15) is 5.69 Å². The van der Waals surface area contributed by atoms with E-state index in [1.54, 1.807) is 12.3 Å². The number of fused-ring (bicyclic) bond motifs is 1. The first-order chi connectivity index (χ1) is 14.2. The van der Waals surface area contributed by atoms with Crippen LogP contribution < -0.4 is 10.2 Å². The number of pyridine rings is 1. The molecule has 0 aliphatic heterocycles. The molecule has 1 amide bonds. The first-order valence-corrected chi connectivity index (χ1v) is 9.49. The Morgan fingerprint density at radius 1 is 1.00 bits per heavy atom. The molecule has 6 heteroatoms. The van der Waals surface area contributed by atoms with E-state index < -0.39 is 0 Å². The van der Waals surface area contributed by atoms with Gasteiger partial charge in [0.05, 0.1) is 11.2 Å². The second-order valence-electron chi connectivity index (χ2n) is 6.61. The van der Waals surface area contributed by atoms with Gasteiger partial charge in [-0.1, -0.05) is 36.4 Å². The van der Waals surface area contributed by atoms with Crippen LogP contribution >= 0.6 is 0 Å². The molecule has 1 N–H and O–H groups in total. The summed E-state index contributed by atoms with van der Waals surface area (Å²) in [6.07, 6.45) is 1.71. The minimum atomic E-state index is -0.293. The predicted molar refractivity (Wildman–Crippen MR) is 116 cm³/mol. The van der Waals surface area contributed by atoms with Crippen molar-refractivity contribution in [2.45, 2.75) is 13.8 Å². The molecule has 6 nitrogen and oxygen atoms in total. The number of aromatic nitrogens is 3. The molecule has 29 heavy (non-hydrogen) atoms. The molecule has 2 heterocycles. The molecule has 2 aromatic heterocycles. The molecule has 0 spiro atoms. The Hall–Kier alpha value is -3.80. The minimum Gasteiger partial charge on any atom is -0.319 e. The summed E-state index contributed by atoms with van der Waals surface area (Å²) in [4.78, 5) is 28.4. The SMILES string of the molecule is CCN(c1ccccc1)c1nc(C)cc(C(=O)Nc2cccc3cccnc23)n1. The molecule has 0 saturated carbocycles. The van der Waals surface area contributed by atoms with Crippen molar-refractivity contribution in [1.82, 2.24) is 15.0 Å². The lowest BCUT2D eigenvalue weighted by Crippen LogP contribution is -2.22. The molecule has 2 aromatic carbocycles. The number of carbonyl (C=O) groups is 1. The van der Waals surface area contributed by atoms with Crippen molar-refractivity contribution in [1.29, 1.82) is 0 Å². The maximum absolute atomic E-state index is 13.0. The molecule has 0 saturated heterocycles. The van der Waals surface area contributed by atoms with Gasteiger partial charge in [-0.05, 0) is 44.2 Å². The van der Waals surface area contributed by atoms with Crippen LogP contribution in [0.2, 0.25) is 0 Å². The Morgan fingerprint density at radius 3 is 2.59 bits per heavy atom. The van der Waals surface area contributed by atoms with Crippen molar-refractivity contribution in [3.8, 4) is 0 Å². The number of anilines is 3. The van der Waals surface area contributed by atoms with Crippen LogP contribution in [0, 0.1) is 6.92 Å². The Balaban J connectivity index is 1.67. The van der Waals surface area contributed by atoms with E-state index >= 15 is 0 Å². The lowest BCUT2D eigenvalue weighted by molar-refractivity contribution is 0.102. The van der Waals surface area contributed by atoms with Crippen LogP contribution in [-0.2, 0) is 0 Å². The number of amides is 1. The number of para-hydroxylation sites is 2. The van der Waals surface area contributed by atoms with Crippen molar-refractivity contribution in [3.05, 3.63) is 84.3 Å². The number of nitrogens with one attached hydrogen (secondary N) is 1. The van der Waals surface area contributed by atoms with Crippen LogP contribution in [0.4, 0.5) is 17.3 Å². The van der Waals surface area contributed by atoms with Gasteiger partial charge in [-0.2, -0.15) is 0 Å². The highest BCUT2D eigenvalue weighted by Gasteiger charge is 2.16. The van der Waals surface area contributed by atoms with Crippen molar-refractivity contribution in [2.24, 2.45) is 0 Å². The molecule has 144 valence electrons. The Bertz CT molecular complexity index is 1150. The summed E-state index contributed by atoms with van der Waals surface area (Å²) in [6, 6.07) is 21.1.